The van der Waals surface area contributed by atoms with Gasteiger partial charge in [-0.1, -0.05) is 37.5 Å². The smallest absolute Gasteiger partial charge is 0.336 e. The van der Waals surface area contributed by atoms with Crippen molar-refractivity contribution < 1.29 is 25.2 Å². The number of aromatic carboxylic acids is 1. The second-order valence-electron chi connectivity index (χ2n) is 7.87. The Bertz CT molecular complexity index is 730. The minimum absolute atomic E-state index is 0.0181. The SMILES string of the molecule is [NH3+]C(C(=O)N1CCC[C@H]1C(=O)NCc1ccccc1C(=O)O)C1CCCCC1. The molecule has 5 N–H and O–H groups in total. The van der Waals surface area contributed by atoms with E-state index in [9.17, 15) is 19.5 Å². The van der Waals surface area contributed by atoms with E-state index >= 15 is 0 Å². The molecule has 1 aliphatic carbocycles. The van der Waals surface area contributed by atoms with Gasteiger partial charge in [0.05, 0.1) is 5.56 Å². The van der Waals surface area contributed by atoms with Gasteiger partial charge in [0.1, 0.15) is 6.04 Å². The molecule has 3 rings (SSSR count). The molecule has 1 saturated carbocycles. The van der Waals surface area contributed by atoms with Gasteiger partial charge in [0.25, 0.3) is 5.91 Å². The number of likely N-dealkylation sites (tertiary alicyclic amines) is 1. The van der Waals surface area contributed by atoms with Crippen LogP contribution < -0.4 is 11.1 Å². The minimum Gasteiger partial charge on any atom is -0.478 e. The van der Waals surface area contributed by atoms with Gasteiger partial charge in [0.15, 0.2) is 6.04 Å². The molecule has 1 heterocycles. The number of carboxylic acid groups (broad SMARTS) is 1. The van der Waals surface area contributed by atoms with E-state index < -0.39 is 12.0 Å². The summed E-state index contributed by atoms with van der Waals surface area (Å²) in [6, 6.07) is 5.84. The highest BCUT2D eigenvalue weighted by Gasteiger charge is 2.40. The van der Waals surface area contributed by atoms with Crippen LogP contribution in [0, 0.1) is 5.92 Å². The lowest BCUT2D eigenvalue weighted by atomic mass is 9.83. The average Bonchev–Trinajstić information content (AvgIpc) is 3.21. The predicted molar refractivity (Wildman–Crippen MR) is 103 cm³/mol. The minimum atomic E-state index is -1.02. The number of hydrogen-bond acceptors (Lipinski definition) is 3. The summed E-state index contributed by atoms with van der Waals surface area (Å²) in [7, 11) is 0. The predicted octanol–water partition coefficient (Wildman–Crippen LogP) is 1.18. The fourth-order valence-corrected chi connectivity index (χ4v) is 4.44. The van der Waals surface area contributed by atoms with Gasteiger partial charge in [0, 0.05) is 19.0 Å². The van der Waals surface area contributed by atoms with Crippen LogP contribution in [0.25, 0.3) is 0 Å². The Kier molecular flexibility index (Phi) is 6.67. The summed E-state index contributed by atoms with van der Waals surface area (Å²) >= 11 is 0. The topological polar surface area (TPSA) is 114 Å². The lowest BCUT2D eigenvalue weighted by molar-refractivity contribution is -0.419. The summed E-state index contributed by atoms with van der Waals surface area (Å²) in [6.07, 6.45) is 7.04. The number of nitrogens with one attached hydrogen (secondary N) is 1. The maximum atomic E-state index is 13.0. The molecule has 1 saturated heterocycles. The average molecular weight is 388 g/mol. The fraction of sp³-hybridized carbons (Fsp3) is 0.571. The number of benzene rings is 1. The molecule has 0 bridgehead atoms. The summed E-state index contributed by atoms with van der Waals surface area (Å²) in [5, 5.41) is 12.1. The summed E-state index contributed by atoms with van der Waals surface area (Å²) in [5.74, 6) is -0.944. The van der Waals surface area contributed by atoms with Gasteiger partial charge in [-0.25, -0.2) is 4.79 Å². The Labute approximate surface area is 165 Å². The molecule has 0 aromatic heterocycles. The number of amides is 2. The van der Waals surface area contributed by atoms with Gasteiger partial charge in [-0.2, -0.15) is 0 Å². The standard InChI is InChI=1S/C21H29N3O4/c22-18(14-7-2-1-3-8-14)20(26)24-12-6-11-17(24)19(25)23-13-15-9-4-5-10-16(15)21(27)28/h4-5,9-10,14,17-18H,1-3,6-8,11-13,22H2,(H,23,25)(H,27,28)/p+1/t17-,18?/m0/s1. The van der Waals surface area contributed by atoms with E-state index in [0.29, 0.717) is 24.4 Å². The lowest BCUT2D eigenvalue weighted by Gasteiger charge is -2.30. The molecule has 0 radical (unpaired) electrons. The maximum absolute atomic E-state index is 13.0. The first-order chi connectivity index (χ1) is 13.5. The van der Waals surface area contributed by atoms with Gasteiger partial charge in [-0.3, -0.25) is 9.59 Å². The van der Waals surface area contributed by atoms with Gasteiger partial charge in [0.2, 0.25) is 5.91 Å². The quantitative estimate of drug-likeness (QED) is 0.679. The Balaban J connectivity index is 1.61. The van der Waals surface area contributed by atoms with Crippen LogP contribution in [0.2, 0.25) is 0 Å². The molecule has 1 aliphatic heterocycles. The molecular formula is C21H30N3O4+. The highest BCUT2D eigenvalue weighted by Crippen LogP contribution is 2.27. The number of hydrogen-bond donors (Lipinski definition) is 3. The van der Waals surface area contributed by atoms with Crippen molar-refractivity contribution in [3.63, 3.8) is 0 Å². The highest BCUT2D eigenvalue weighted by molar-refractivity contribution is 5.91. The number of carbonyl (C=O) groups is 3. The van der Waals surface area contributed by atoms with E-state index in [4.69, 9.17) is 0 Å². The third kappa shape index (κ3) is 4.52. The number of carboxylic acids is 1. The van der Waals surface area contributed by atoms with E-state index in [1.165, 1.54) is 12.5 Å². The lowest BCUT2D eigenvalue weighted by Crippen LogP contribution is -2.71. The second-order valence-corrected chi connectivity index (χ2v) is 7.87. The van der Waals surface area contributed by atoms with Crippen LogP contribution in [-0.4, -0.2) is 46.4 Å². The first-order valence-electron chi connectivity index (χ1n) is 10.2. The highest BCUT2D eigenvalue weighted by atomic mass is 16.4. The van der Waals surface area contributed by atoms with E-state index in [2.05, 4.69) is 11.1 Å². The molecule has 1 aromatic rings. The monoisotopic (exact) mass is 388 g/mol. The van der Waals surface area contributed by atoms with Gasteiger partial charge < -0.3 is 21.1 Å². The first-order valence-corrected chi connectivity index (χ1v) is 10.2. The van der Waals surface area contributed by atoms with Crippen LogP contribution in [0.5, 0.6) is 0 Å². The van der Waals surface area contributed by atoms with Crippen molar-refractivity contribution in [2.45, 2.75) is 63.6 Å². The van der Waals surface area contributed by atoms with Crippen LogP contribution in [0.15, 0.2) is 24.3 Å². The van der Waals surface area contributed by atoms with Crippen molar-refractivity contribution in [3.8, 4) is 0 Å². The molecule has 2 atom stereocenters. The molecule has 7 nitrogen and oxygen atoms in total. The molecule has 28 heavy (non-hydrogen) atoms. The summed E-state index contributed by atoms with van der Waals surface area (Å²) in [5.41, 5.74) is 4.87. The second kappa shape index (κ2) is 9.19. The third-order valence-electron chi connectivity index (χ3n) is 6.08. The van der Waals surface area contributed by atoms with E-state index in [-0.39, 0.29) is 30.0 Å². The van der Waals surface area contributed by atoms with Crippen LogP contribution >= 0.6 is 0 Å². The van der Waals surface area contributed by atoms with Crippen molar-refractivity contribution in [1.82, 2.24) is 10.2 Å². The van der Waals surface area contributed by atoms with E-state index in [1.54, 1.807) is 23.1 Å². The molecule has 2 aliphatic rings. The van der Waals surface area contributed by atoms with Crippen molar-refractivity contribution in [3.05, 3.63) is 35.4 Å². The molecule has 2 amide bonds. The number of carbonyl (C=O) groups excluding carboxylic acids is 2. The molecule has 0 spiro atoms. The van der Waals surface area contributed by atoms with Crippen molar-refractivity contribution in [2.24, 2.45) is 5.92 Å². The van der Waals surface area contributed by atoms with Gasteiger partial charge >= 0.3 is 5.97 Å². The Morgan fingerprint density at radius 3 is 2.54 bits per heavy atom. The molecule has 152 valence electrons. The van der Waals surface area contributed by atoms with Crippen LogP contribution in [0.4, 0.5) is 0 Å². The summed E-state index contributed by atoms with van der Waals surface area (Å²) in [6.45, 7) is 0.720. The molecule has 1 unspecified atom stereocenters. The van der Waals surface area contributed by atoms with Crippen LogP contribution in [-0.2, 0) is 16.1 Å². The zero-order valence-electron chi connectivity index (χ0n) is 16.2. The molecular weight excluding hydrogens is 358 g/mol. The van der Waals surface area contributed by atoms with Crippen LogP contribution in [0.1, 0.15) is 60.9 Å². The number of nitrogens with zero attached hydrogens (tertiary/aromatic N) is 1. The zero-order valence-corrected chi connectivity index (χ0v) is 16.2. The summed E-state index contributed by atoms with van der Waals surface area (Å²) in [4.78, 5) is 38.7. The van der Waals surface area contributed by atoms with Gasteiger partial charge in [-0.15, -0.1) is 0 Å². The normalized spacial score (nSPS) is 21.3. The number of quaternary nitrogens is 1. The first kappa shape index (κ1) is 20.3. The summed E-state index contributed by atoms with van der Waals surface area (Å²) < 4.78 is 0. The van der Waals surface area contributed by atoms with Crippen molar-refractivity contribution in [2.75, 3.05) is 6.54 Å². The molecule has 2 fully saturated rings. The van der Waals surface area contributed by atoms with Crippen LogP contribution in [0.3, 0.4) is 0 Å². The van der Waals surface area contributed by atoms with E-state index in [0.717, 1.165) is 32.1 Å². The largest absolute Gasteiger partial charge is 0.478 e. The van der Waals surface area contributed by atoms with Crippen molar-refractivity contribution >= 4 is 17.8 Å². The Morgan fingerprint density at radius 1 is 1.11 bits per heavy atom. The molecule has 7 heteroatoms. The number of rotatable bonds is 6. The molecule has 1 aromatic carbocycles. The Morgan fingerprint density at radius 2 is 1.82 bits per heavy atom. The Hall–Kier alpha value is -2.41. The van der Waals surface area contributed by atoms with Gasteiger partial charge in [-0.05, 0) is 37.3 Å². The third-order valence-corrected chi connectivity index (χ3v) is 6.08. The van der Waals surface area contributed by atoms with Crippen molar-refractivity contribution in [1.29, 1.82) is 0 Å². The zero-order chi connectivity index (χ0) is 20.1. The maximum Gasteiger partial charge on any atom is 0.336 e. The van der Waals surface area contributed by atoms with E-state index in [1.807, 2.05) is 0 Å². The fourth-order valence-electron chi connectivity index (χ4n) is 4.44.